The average Bonchev–Trinajstić information content (AvgIpc) is 3.22. The predicted octanol–water partition coefficient (Wildman–Crippen LogP) is 2.71. The molecular weight excluding hydrogens is 340 g/mol. The highest BCUT2D eigenvalue weighted by atomic mass is 16.1. The molecule has 138 valence electrons. The van der Waals surface area contributed by atoms with Crippen LogP contribution in [-0.4, -0.2) is 30.6 Å². The molecule has 7 heteroatoms. The van der Waals surface area contributed by atoms with Gasteiger partial charge in [0.1, 0.15) is 12.7 Å². The lowest BCUT2D eigenvalue weighted by Crippen LogP contribution is -2.31. The summed E-state index contributed by atoms with van der Waals surface area (Å²) in [7, 11) is 0. The number of aryl methyl sites for hydroxylation is 2. The summed E-state index contributed by atoms with van der Waals surface area (Å²) in [5.41, 5.74) is 3.10. The van der Waals surface area contributed by atoms with Crippen LogP contribution in [-0.2, 0) is 17.8 Å². The van der Waals surface area contributed by atoms with Crippen LogP contribution in [0.4, 0.5) is 0 Å². The van der Waals surface area contributed by atoms with Gasteiger partial charge in [0, 0.05) is 36.0 Å². The van der Waals surface area contributed by atoms with Crippen LogP contribution in [0.3, 0.4) is 0 Å². The van der Waals surface area contributed by atoms with E-state index < -0.39 is 0 Å². The normalized spacial score (nSPS) is 15.9. The number of benzene rings is 1. The van der Waals surface area contributed by atoms with Gasteiger partial charge in [-0.3, -0.25) is 9.48 Å². The fourth-order valence-electron chi connectivity index (χ4n) is 3.44. The van der Waals surface area contributed by atoms with Crippen molar-refractivity contribution in [2.24, 2.45) is 0 Å². The van der Waals surface area contributed by atoms with Crippen molar-refractivity contribution in [1.29, 1.82) is 0 Å². The highest BCUT2D eigenvalue weighted by Gasteiger charge is 2.23. The van der Waals surface area contributed by atoms with Gasteiger partial charge < -0.3 is 5.32 Å². The number of hydrogen-bond acceptors (Lipinski definition) is 5. The van der Waals surface area contributed by atoms with Gasteiger partial charge in [-0.1, -0.05) is 30.3 Å². The summed E-state index contributed by atoms with van der Waals surface area (Å²) in [5, 5.41) is 7.20. The van der Waals surface area contributed by atoms with Gasteiger partial charge in [0.05, 0.1) is 6.04 Å². The van der Waals surface area contributed by atoms with Gasteiger partial charge in [-0.2, -0.15) is 5.10 Å². The van der Waals surface area contributed by atoms with Crippen LogP contribution in [0.2, 0.25) is 0 Å². The third-order valence-electron chi connectivity index (χ3n) is 4.81. The van der Waals surface area contributed by atoms with Crippen molar-refractivity contribution in [3.05, 3.63) is 60.4 Å². The Bertz CT molecular complexity index is 894. The molecule has 1 aliphatic rings. The topological polar surface area (TPSA) is 85.6 Å². The first kappa shape index (κ1) is 17.3. The highest BCUT2D eigenvalue weighted by molar-refractivity contribution is 5.76. The van der Waals surface area contributed by atoms with Crippen LogP contribution in [0.1, 0.15) is 43.0 Å². The Morgan fingerprint density at radius 2 is 2.15 bits per heavy atom. The first-order valence-corrected chi connectivity index (χ1v) is 9.32. The lowest BCUT2D eigenvalue weighted by atomic mass is 9.92. The molecule has 1 amide bonds. The van der Waals surface area contributed by atoms with Crippen LogP contribution in [0.25, 0.3) is 11.4 Å². The lowest BCUT2D eigenvalue weighted by Gasteiger charge is -2.25. The highest BCUT2D eigenvalue weighted by Crippen LogP contribution is 2.29. The van der Waals surface area contributed by atoms with Crippen LogP contribution in [0.5, 0.6) is 0 Å². The molecule has 2 heterocycles. The summed E-state index contributed by atoms with van der Waals surface area (Å²) in [4.78, 5) is 25.5. The largest absolute Gasteiger partial charge is 0.349 e. The maximum atomic E-state index is 12.3. The molecule has 0 fully saturated rings. The molecule has 0 saturated carbocycles. The van der Waals surface area contributed by atoms with Gasteiger partial charge in [0.2, 0.25) is 5.91 Å². The van der Waals surface area contributed by atoms with Gasteiger partial charge in [0.25, 0.3) is 0 Å². The van der Waals surface area contributed by atoms with E-state index >= 15 is 0 Å². The molecule has 0 bridgehead atoms. The smallest absolute Gasteiger partial charge is 0.220 e. The van der Waals surface area contributed by atoms with E-state index in [1.165, 1.54) is 6.33 Å². The third-order valence-corrected chi connectivity index (χ3v) is 4.81. The van der Waals surface area contributed by atoms with Crippen molar-refractivity contribution < 1.29 is 4.79 Å². The van der Waals surface area contributed by atoms with E-state index in [1.807, 2.05) is 36.5 Å². The molecule has 1 N–H and O–H groups in total. The fraction of sp³-hybridized carbons (Fsp3) is 0.350. The van der Waals surface area contributed by atoms with Gasteiger partial charge >= 0.3 is 0 Å². The fourth-order valence-corrected chi connectivity index (χ4v) is 3.44. The van der Waals surface area contributed by atoms with Crippen LogP contribution in [0, 0.1) is 0 Å². The first-order chi connectivity index (χ1) is 13.3. The molecule has 0 spiro atoms. The van der Waals surface area contributed by atoms with Gasteiger partial charge in [-0.15, -0.1) is 0 Å². The maximum absolute atomic E-state index is 12.3. The van der Waals surface area contributed by atoms with Crippen molar-refractivity contribution in [3.8, 4) is 11.4 Å². The van der Waals surface area contributed by atoms with E-state index in [0.29, 0.717) is 13.0 Å². The molecule has 1 unspecified atom stereocenters. The third kappa shape index (κ3) is 4.19. The number of carbonyl (C=O) groups excluding carboxylic acids is 1. The number of carbonyl (C=O) groups is 1. The number of rotatable bonds is 6. The van der Waals surface area contributed by atoms with E-state index in [9.17, 15) is 4.79 Å². The summed E-state index contributed by atoms with van der Waals surface area (Å²) in [6.45, 7) is 0.693. The molecule has 0 radical (unpaired) electrons. The minimum Gasteiger partial charge on any atom is -0.349 e. The maximum Gasteiger partial charge on any atom is 0.220 e. The summed E-state index contributed by atoms with van der Waals surface area (Å²) in [5.74, 6) is 0.800. The zero-order chi connectivity index (χ0) is 18.5. The summed E-state index contributed by atoms with van der Waals surface area (Å²) in [6, 6.07) is 9.98. The Labute approximate surface area is 157 Å². The molecule has 4 rings (SSSR count). The second-order valence-corrected chi connectivity index (χ2v) is 6.74. The van der Waals surface area contributed by atoms with Crippen molar-refractivity contribution in [2.45, 2.75) is 44.7 Å². The molecule has 2 aromatic heterocycles. The lowest BCUT2D eigenvalue weighted by molar-refractivity contribution is -0.122. The number of amides is 1. The average molecular weight is 362 g/mol. The van der Waals surface area contributed by atoms with Gasteiger partial charge in [0.15, 0.2) is 5.82 Å². The molecule has 3 aromatic rings. The predicted molar refractivity (Wildman–Crippen MR) is 101 cm³/mol. The van der Waals surface area contributed by atoms with E-state index in [0.717, 1.165) is 48.3 Å². The van der Waals surface area contributed by atoms with Crippen LogP contribution < -0.4 is 5.32 Å². The monoisotopic (exact) mass is 362 g/mol. The quantitative estimate of drug-likeness (QED) is 0.729. The Morgan fingerprint density at radius 3 is 2.96 bits per heavy atom. The molecule has 7 nitrogen and oxygen atoms in total. The van der Waals surface area contributed by atoms with Crippen molar-refractivity contribution in [3.63, 3.8) is 0 Å². The molecule has 0 saturated heterocycles. The summed E-state index contributed by atoms with van der Waals surface area (Å²) < 4.78 is 1.74. The van der Waals surface area contributed by atoms with Crippen molar-refractivity contribution in [1.82, 2.24) is 30.0 Å². The molecule has 27 heavy (non-hydrogen) atoms. The molecular formula is C20H22N6O. The zero-order valence-corrected chi connectivity index (χ0v) is 15.1. The zero-order valence-electron chi connectivity index (χ0n) is 15.1. The Kier molecular flexibility index (Phi) is 5.18. The van der Waals surface area contributed by atoms with E-state index in [2.05, 4.69) is 20.4 Å². The summed E-state index contributed by atoms with van der Waals surface area (Å²) in [6.07, 6.45) is 9.12. The first-order valence-electron chi connectivity index (χ1n) is 9.32. The Hall–Kier alpha value is -3.09. The van der Waals surface area contributed by atoms with Crippen LogP contribution in [0.15, 0.2) is 49.2 Å². The van der Waals surface area contributed by atoms with Gasteiger partial charge in [-0.25, -0.2) is 15.0 Å². The number of fused-ring (bicyclic) bond motifs is 1. The van der Waals surface area contributed by atoms with E-state index in [-0.39, 0.29) is 11.9 Å². The summed E-state index contributed by atoms with van der Waals surface area (Å²) >= 11 is 0. The second-order valence-electron chi connectivity index (χ2n) is 6.74. The van der Waals surface area contributed by atoms with Crippen molar-refractivity contribution >= 4 is 5.91 Å². The molecule has 1 aromatic carbocycles. The molecule has 0 aliphatic heterocycles. The van der Waals surface area contributed by atoms with E-state index in [1.54, 1.807) is 11.0 Å². The minimum atomic E-state index is -0.00237. The molecule has 1 atom stereocenters. The van der Waals surface area contributed by atoms with E-state index in [4.69, 9.17) is 4.98 Å². The molecule has 1 aliphatic carbocycles. The van der Waals surface area contributed by atoms with Crippen LogP contribution >= 0.6 is 0 Å². The Balaban J connectivity index is 1.40. The SMILES string of the molecule is O=C(CCCn1cncn1)NC1CCCc2nc(-c3ccccc3)ncc21. The number of nitrogens with one attached hydrogen (secondary N) is 1. The van der Waals surface area contributed by atoms with Gasteiger partial charge in [-0.05, 0) is 25.7 Å². The standard InChI is InChI=1S/C20H22N6O/c27-19(10-5-11-26-14-21-13-23-26)24-17-8-4-9-18-16(17)12-22-20(25-18)15-6-2-1-3-7-15/h1-3,6-7,12-14,17H,4-5,8-11H2,(H,24,27). The number of nitrogens with zero attached hydrogens (tertiary/aromatic N) is 5. The van der Waals surface area contributed by atoms with Crippen molar-refractivity contribution in [2.75, 3.05) is 0 Å². The Morgan fingerprint density at radius 1 is 1.26 bits per heavy atom. The minimum absolute atomic E-state index is 0.00237. The number of hydrogen-bond donors (Lipinski definition) is 1. The number of aromatic nitrogens is 5. The second kappa shape index (κ2) is 8.07.